The molecule has 0 unspecified atom stereocenters. The molecule has 1 amide bonds. The molecular formula is C18H17N3O3S. The van der Waals surface area contributed by atoms with Crippen molar-refractivity contribution in [1.82, 2.24) is 14.3 Å². The molecule has 7 heteroatoms. The second-order valence-electron chi connectivity index (χ2n) is 5.62. The van der Waals surface area contributed by atoms with E-state index in [4.69, 9.17) is 0 Å². The number of rotatable bonds is 4. The number of amides is 1. The predicted molar refractivity (Wildman–Crippen MR) is 94.5 cm³/mol. The van der Waals surface area contributed by atoms with Crippen molar-refractivity contribution in [2.75, 3.05) is 0 Å². The fourth-order valence-corrected chi connectivity index (χ4v) is 3.46. The van der Waals surface area contributed by atoms with E-state index in [1.165, 1.54) is 18.3 Å². The van der Waals surface area contributed by atoms with Gasteiger partial charge in [0.05, 0.1) is 4.90 Å². The minimum Gasteiger partial charge on any atom is -0.333 e. The van der Waals surface area contributed by atoms with Gasteiger partial charge in [0.2, 0.25) is 0 Å². The summed E-state index contributed by atoms with van der Waals surface area (Å²) in [6.07, 6.45) is 1.51. The van der Waals surface area contributed by atoms with E-state index in [-0.39, 0.29) is 10.6 Å². The summed E-state index contributed by atoms with van der Waals surface area (Å²) in [6, 6.07) is 15.4. The average Bonchev–Trinajstić information content (AvgIpc) is 2.98. The van der Waals surface area contributed by atoms with Crippen molar-refractivity contribution in [3.63, 3.8) is 0 Å². The molecule has 0 fully saturated rings. The maximum atomic E-state index is 12.3. The Labute approximate surface area is 146 Å². The monoisotopic (exact) mass is 355 g/mol. The predicted octanol–water partition coefficient (Wildman–Crippen LogP) is 2.51. The maximum absolute atomic E-state index is 12.3. The molecule has 6 nitrogen and oxygen atoms in total. The van der Waals surface area contributed by atoms with Crippen LogP contribution in [0, 0.1) is 6.92 Å². The first kappa shape index (κ1) is 16.9. The summed E-state index contributed by atoms with van der Waals surface area (Å²) in [5.74, 6) is -0.167. The van der Waals surface area contributed by atoms with Crippen LogP contribution in [-0.4, -0.2) is 23.9 Å². The highest BCUT2D eigenvalue weighted by atomic mass is 32.2. The Morgan fingerprint density at radius 3 is 2.36 bits per heavy atom. The van der Waals surface area contributed by atoms with Crippen LogP contribution >= 0.6 is 0 Å². The second-order valence-corrected chi connectivity index (χ2v) is 7.31. The molecule has 3 rings (SSSR count). The first-order chi connectivity index (χ1) is 11.9. The molecule has 0 aliphatic carbocycles. The number of benzene rings is 2. The molecule has 128 valence electrons. The number of sulfonamides is 1. The van der Waals surface area contributed by atoms with Crippen molar-refractivity contribution in [3.05, 3.63) is 72.1 Å². The number of nitrogens with zero attached hydrogens (tertiary/aromatic N) is 2. The van der Waals surface area contributed by atoms with E-state index in [1.54, 1.807) is 29.8 Å². The SMILES string of the molecule is Cc1ccccc1-c1nc(C(=O)NS(=O)(=O)c2ccccc2)cn1C. The van der Waals surface area contributed by atoms with E-state index < -0.39 is 15.9 Å². The van der Waals surface area contributed by atoms with Crippen LogP contribution in [0.15, 0.2) is 65.7 Å². The Kier molecular flexibility index (Phi) is 4.41. The van der Waals surface area contributed by atoms with Crippen molar-refractivity contribution in [2.45, 2.75) is 11.8 Å². The van der Waals surface area contributed by atoms with Crippen molar-refractivity contribution in [1.29, 1.82) is 0 Å². The smallest absolute Gasteiger partial charge is 0.285 e. The van der Waals surface area contributed by atoms with Gasteiger partial charge in [-0.3, -0.25) is 4.79 Å². The molecule has 0 radical (unpaired) electrons. The highest BCUT2D eigenvalue weighted by Gasteiger charge is 2.21. The lowest BCUT2D eigenvalue weighted by Crippen LogP contribution is -2.30. The number of hydrogen-bond acceptors (Lipinski definition) is 4. The van der Waals surface area contributed by atoms with Crippen LogP contribution < -0.4 is 4.72 Å². The van der Waals surface area contributed by atoms with Gasteiger partial charge in [0.15, 0.2) is 0 Å². The largest absolute Gasteiger partial charge is 0.333 e. The van der Waals surface area contributed by atoms with Gasteiger partial charge < -0.3 is 4.57 Å². The minimum atomic E-state index is -3.93. The zero-order chi connectivity index (χ0) is 18.0. The number of hydrogen-bond donors (Lipinski definition) is 1. The van der Waals surface area contributed by atoms with Gasteiger partial charge >= 0.3 is 0 Å². The summed E-state index contributed by atoms with van der Waals surface area (Å²) in [7, 11) is -2.17. The molecule has 0 spiro atoms. The Morgan fingerprint density at radius 1 is 1.04 bits per heavy atom. The average molecular weight is 355 g/mol. The normalized spacial score (nSPS) is 11.3. The summed E-state index contributed by atoms with van der Waals surface area (Å²) in [5, 5.41) is 0. The number of aryl methyl sites for hydroxylation is 2. The molecule has 0 atom stereocenters. The first-order valence-electron chi connectivity index (χ1n) is 7.60. The van der Waals surface area contributed by atoms with Gasteiger partial charge in [0, 0.05) is 18.8 Å². The Hall–Kier alpha value is -2.93. The fourth-order valence-electron chi connectivity index (χ4n) is 2.48. The molecule has 1 aromatic heterocycles. The summed E-state index contributed by atoms with van der Waals surface area (Å²) < 4.78 is 28.3. The summed E-state index contributed by atoms with van der Waals surface area (Å²) in [6.45, 7) is 1.95. The van der Waals surface area contributed by atoms with Crippen LogP contribution in [-0.2, 0) is 17.1 Å². The minimum absolute atomic E-state index is 0.0263. The van der Waals surface area contributed by atoms with Gasteiger partial charge in [-0.2, -0.15) is 0 Å². The van der Waals surface area contributed by atoms with Crippen molar-refractivity contribution >= 4 is 15.9 Å². The van der Waals surface area contributed by atoms with E-state index in [2.05, 4.69) is 9.71 Å². The highest BCUT2D eigenvalue weighted by Crippen LogP contribution is 2.22. The molecule has 1 N–H and O–H groups in total. The lowest BCUT2D eigenvalue weighted by atomic mass is 10.1. The third-order valence-corrected chi connectivity index (χ3v) is 5.12. The Bertz CT molecular complexity index is 1020. The molecule has 0 aliphatic heterocycles. The topological polar surface area (TPSA) is 81.1 Å². The lowest BCUT2D eigenvalue weighted by Gasteiger charge is -2.05. The van der Waals surface area contributed by atoms with Crippen LogP contribution in [0.5, 0.6) is 0 Å². The number of aromatic nitrogens is 2. The first-order valence-corrected chi connectivity index (χ1v) is 9.08. The molecule has 0 saturated carbocycles. The number of imidazole rings is 1. The van der Waals surface area contributed by atoms with E-state index in [9.17, 15) is 13.2 Å². The van der Waals surface area contributed by atoms with Crippen molar-refractivity contribution in [3.8, 4) is 11.4 Å². The number of carbonyl (C=O) groups is 1. The molecule has 25 heavy (non-hydrogen) atoms. The summed E-state index contributed by atoms with van der Waals surface area (Å²) in [5.41, 5.74) is 1.94. The van der Waals surface area contributed by atoms with Gasteiger partial charge in [-0.25, -0.2) is 18.1 Å². The third-order valence-electron chi connectivity index (χ3n) is 3.78. The van der Waals surface area contributed by atoms with Crippen LogP contribution in [0.4, 0.5) is 0 Å². The van der Waals surface area contributed by atoms with E-state index in [1.807, 2.05) is 31.2 Å². The lowest BCUT2D eigenvalue weighted by molar-refractivity contribution is 0.0977. The highest BCUT2D eigenvalue weighted by molar-refractivity contribution is 7.90. The standard InChI is InChI=1S/C18H17N3O3S/c1-13-8-6-7-11-15(13)17-19-16(12-21(17)2)18(22)20-25(23,24)14-9-4-3-5-10-14/h3-12H,1-2H3,(H,20,22). The maximum Gasteiger partial charge on any atom is 0.285 e. The fraction of sp³-hybridized carbons (Fsp3) is 0.111. The third kappa shape index (κ3) is 3.46. The van der Waals surface area contributed by atoms with Gasteiger partial charge in [0.25, 0.3) is 15.9 Å². The van der Waals surface area contributed by atoms with Crippen LogP contribution in [0.1, 0.15) is 16.1 Å². The summed E-state index contributed by atoms with van der Waals surface area (Å²) in [4.78, 5) is 16.7. The molecule has 1 heterocycles. The van der Waals surface area contributed by atoms with E-state index in [0.29, 0.717) is 5.82 Å². The molecule has 3 aromatic rings. The molecule has 0 saturated heterocycles. The molecule has 0 bridgehead atoms. The molecule has 2 aromatic carbocycles. The second kappa shape index (κ2) is 6.52. The van der Waals surface area contributed by atoms with Gasteiger partial charge in [-0.05, 0) is 24.6 Å². The molecule has 0 aliphatic rings. The molecular weight excluding hydrogens is 338 g/mol. The summed E-state index contributed by atoms with van der Waals surface area (Å²) >= 11 is 0. The van der Waals surface area contributed by atoms with Crippen LogP contribution in [0.2, 0.25) is 0 Å². The van der Waals surface area contributed by atoms with Gasteiger partial charge in [-0.15, -0.1) is 0 Å². The zero-order valence-electron chi connectivity index (χ0n) is 13.8. The van der Waals surface area contributed by atoms with E-state index >= 15 is 0 Å². The quantitative estimate of drug-likeness (QED) is 0.780. The van der Waals surface area contributed by atoms with Gasteiger partial charge in [0.1, 0.15) is 11.5 Å². The number of nitrogens with one attached hydrogen (secondary N) is 1. The zero-order valence-corrected chi connectivity index (χ0v) is 14.6. The Balaban J connectivity index is 1.90. The van der Waals surface area contributed by atoms with Crippen molar-refractivity contribution < 1.29 is 13.2 Å². The van der Waals surface area contributed by atoms with Crippen LogP contribution in [0.25, 0.3) is 11.4 Å². The number of carbonyl (C=O) groups excluding carboxylic acids is 1. The van der Waals surface area contributed by atoms with Crippen LogP contribution in [0.3, 0.4) is 0 Å². The Morgan fingerprint density at radius 2 is 1.68 bits per heavy atom. The van der Waals surface area contributed by atoms with Crippen molar-refractivity contribution in [2.24, 2.45) is 7.05 Å². The van der Waals surface area contributed by atoms with E-state index in [0.717, 1.165) is 11.1 Å². The van der Waals surface area contributed by atoms with Gasteiger partial charge in [-0.1, -0.05) is 42.5 Å².